The van der Waals surface area contributed by atoms with Crippen molar-refractivity contribution in [3.63, 3.8) is 0 Å². The second-order valence-corrected chi connectivity index (χ2v) is 10.4. The van der Waals surface area contributed by atoms with E-state index in [4.69, 9.17) is 0 Å². The van der Waals surface area contributed by atoms with E-state index < -0.39 is 17.6 Å². The van der Waals surface area contributed by atoms with Crippen molar-refractivity contribution in [2.24, 2.45) is 0 Å². The topological polar surface area (TPSA) is 75.9 Å². The van der Waals surface area contributed by atoms with Gasteiger partial charge in [-0.2, -0.15) is 13.2 Å². The van der Waals surface area contributed by atoms with Crippen LogP contribution in [0.2, 0.25) is 0 Å². The number of benzene rings is 2. The van der Waals surface area contributed by atoms with Crippen LogP contribution in [0.15, 0.2) is 48.8 Å². The minimum atomic E-state index is -4.55. The zero-order valence-corrected chi connectivity index (χ0v) is 21.2. The molecule has 0 aliphatic carbocycles. The number of thiazole rings is 1. The summed E-state index contributed by atoms with van der Waals surface area (Å²) in [6.45, 7) is 5.88. The molecule has 3 heterocycles. The highest BCUT2D eigenvalue weighted by atomic mass is 32.1. The van der Waals surface area contributed by atoms with E-state index in [9.17, 15) is 18.0 Å². The van der Waals surface area contributed by atoms with Crippen molar-refractivity contribution < 1.29 is 18.0 Å². The standard InChI is InChI=1S/C26H25F3N6OS/c1-16-5-6-21(12-23(16)35-15-22(32-33-35)24-13-30-17(2)37-24)31-25(36)19-9-18(14-34-7-3-4-8-34)10-20(11-19)26(27,28)29/h5-6,9-13,15H,3-4,7-8,14H2,1-2H3,(H,31,36). The molecule has 0 unspecified atom stereocenters. The average Bonchev–Trinajstić information content (AvgIpc) is 3.62. The van der Waals surface area contributed by atoms with Crippen molar-refractivity contribution >= 4 is 22.9 Å². The highest BCUT2D eigenvalue weighted by molar-refractivity contribution is 7.15. The second kappa shape index (κ2) is 10.1. The SMILES string of the molecule is Cc1ncc(-c2cn(-c3cc(NC(=O)c4cc(CN5CCCC5)cc(C(F)(F)F)c4)ccc3C)nn2)s1. The molecule has 0 bridgehead atoms. The molecule has 1 saturated heterocycles. The lowest BCUT2D eigenvalue weighted by molar-refractivity contribution is -0.137. The van der Waals surface area contributed by atoms with Crippen LogP contribution in [0.1, 0.15) is 44.9 Å². The molecule has 0 radical (unpaired) electrons. The fourth-order valence-corrected chi connectivity index (χ4v) is 5.12. The molecule has 192 valence electrons. The summed E-state index contributed by atoms with van der Waals surface area (Å²) in [4.78, 5) is 20.3. The van der Waals surface area contributed by atoms with Gasteiger partial charge in [0, 0.05) is 24.0 Å². The fourth-order valence-electron chi connectivity index (χ4n) is 4.39. The van der Waals surface area contributed by atoms with Crippen molar-refractivity contribution in [2.75, 3.05) is 18.4 Å². The Kier molecular flexibility index (Phi) is 6.82. The van der Waals surface area contributed by atoms with Gasteiger partial charge in [-0.05, 0) is 81.2 Å². The van der Waals surface area contributed by atoms with Gasteiger partial charge in [-0.1, -0.05) is 11.3 Å². The second-order valence-electron chi connectivity index (χ2n) is 9.15. The number of rotatable bonds is 6. The maximum atomic E-state index is 13.6. The van der Waals surface area contributed by atoms with Crippen molar-refractivity contribution in [1.82, 2.24) is 24.9 Å². The lowest BCUT2D eigenvalue weighted by Crippen LogP contribution is -2.20. The summed E-state index contributed by atoms with van der Waals surface area (Å²) in [5, 5.41) is 12.1. The Morgan fingerprint density at radius 1 is 1.11 bits per heavy atom. The molecule has 0 atom stereocenters. The number of carbonyl (C=O) groups is 1. The Balaban J connectivity index is 1.40. The molecular formula is C26H25F3N6OS. The van der Waals surface area contributed by atoms with Gasteiger partial charge in [0.25, 0.3) is 5.91 Å². The number of aromatic nitrogens is 4. The van der Waals surface area contributed by atoms with E-state index in [0.29, 0.717) is 29.2 Å². The van der Waals surface area contributed by atoms with E-state index in [0.717, 1.165) is 53.5 Å². The molecular weight excluding hydrogens is 501 g/mol. The first kappa shape index (κ1) is 25.1. The van der Waals surface area contributed by atoms with Crippen LogP contribution in [0.5, 0.6) is 0 Å². The molecule has 11 heteroatoms. The van der Waals surface area contributed by atoms with Gasteiger partial charge in [0.15, 0.2) is 0 Å². The molecule has 37 heavy (non-hydrogen) atoms. The monoisotopic (exact) mass is 526 g/mol. The molecule has 0 spiro atoms. The van der Waals surface area contributed by atoms with E-state index >= 15 is 0 Å². The first-order chi connectivity index (χ1) is 17.7. The van der Waals surface area contributed by atoms with Gasteiger partial charge in [-0.3, -0.25) is 9.69 Å². The van der Waals surface area contributed by atoms with Crippen LogP contribution < -0.4 is 5.32 Å². The summed E-state index contributed by atoms with van der Waals surface area (Å²) in [6.07, 6.45) is 1.02. The fraction of sp³-hybridized carbons (Fsp3) is 0.308. The van der Waals surface area contributed by atoms with Crippen molar-refractivity contribution in [1.29, 1.82) is 0 Å². The zero-order chi connectivity index (χ0) is 26.2. The van der Waals surface area contributed by atoms with Crippen LogP contribution in [0.25, 0.3) is 16.3 Å². The number of anilines is 1. The molecule has 0 saturated carbocycles. The maximum Gasteiger partial charge on any atom is 0.416 e. The third-order valence-corrected chi connectivity index (χ3v) is 7.20. The predicted molar refractivity (Wildman–Crippen MR) is 136 cm³/mol. The molecule has 1 aliphatic rings. The molecule has 1 amide bonds. The molecule has 1 N–H and O–H groups in total. The summed E-state index contributed by atoms with van der Waals surface area (Å²) in [7, 11) is 0. The first-order valence-corrected chi connectivity index (χ1v) is 12.7. The van der Waals surface area contributed by atoms with Crippen LogP contribution in [0, 0.1) is 13.8 Å². The summed E-state index contributed by atoms with van der Waals surface area (Å²) in [5.74, 6) is -0.608. The molecule has 1 fully saturated rings. The first-order valence-electron chi connectivity index (χ1n) is 11.9. The Morgan fingerprint density at radius 2 is 1.89 bits per heavy atom. The summed E-state index contributed by atoms with van der Waals surface area (Å²) in [6, 6.07) is 8.82. The van der Waals surface area contributed by atoms with Gasteiger partial charge in [0.05, 0.1) is 27.3 Å². The normalized spacial score (nSPS) is 14.3. The smallest absolute Gasteiger partial charge is 0.322 e. The van der Waals surface area contributed by atoms with Crippen LogP contribution in [0.3, 0.4) is 0 Å². The number of amides is 1. The Morgan fingerprint density at radius 3 is 2.59 bits per heavy atom. The van der Waals surface area contributed by atoms with Gasteiger partial charge in [0.2, 0.25) is 0 Å². The molecule has 7 nitrogen and oxygen atoms in total. The lowest BCUT2D eigenvalue weighted by Gasteiger charge is -2.17. The Labute approximate surface area is 216 Å². The van der Waals surface area contributed by atoms with Gasteiger partial charge in [-0.25, -0.2) is 9.67 Å². The third kappa shape index (κ3) is 5.72. The van der Waals surface area contributed by atoms with Crippen molar-refractivity contribution in [2.45, 2.75) is 39.4 Å². The van der Waals surface area contributed by atoms with Crippen LogP contribution in [-0.2, 0) is 12.7 Å². The van der Waals surface area contributed by atoms with Crippen LogP contribution in [-0.4, -0.2) is 43.9 Å². The average molecular weight is 527 g/mol. The van der Waals surface area contributed by atoms with E-state index in [1.165, 1.54) is 11.3 Å². The predicted octanol–water partition coefficient (Wildman–Crippen LogP) is 5.87. The maximum absolute atomic E-state index is 13.6. The number of hydrogen-bond acceptors (Lipinski definition) is 6. The zero-order valence-electron chi connectivity index (χ0n) is 20.3. The number of nitrogens with one attached hydrogen (secondary N) is 1. The number of hydrogen-bond donors (Lipinski definition) is 1. The quantitative estimate of drug-likeness (QED) is 0.340. The molecule has 5 rings (SSSR count). The van der Waals surface area contributed by atoms with E-state index in [2.05, 4.69) is 25.5 Å². The number of likely N-dealkylation sites (tertiary alicyclic amines) is 1. The minimum Gasteiger partial charge on any atom is -0.322 e. The summed E-state index contributed by atoms with van der Waals surface area (Å²) >= 11 is 1.51. The number of nitrogens with zero attached hydrogens (tertiary/aromatic N) is 5. The largest absolute Gasteiger partial charge is 0.416 e. The molecule has 1 aliphatic heterocycles. The lowest BCUT2D eigenvalue weighted by atomic mass is 10.0. The van der Waals surface area contributed by atoms with Crippen molar-refractivity contribution in [3.05, 3.63) is 76.1 Å². The Hall–Kier alpha value is -3.57. The molecule has 2 aromatic carbocycles. The van der Waals surface area contributed by atoms with Crippen LogP contribution in [0.4, 0.5) is 18.9 Å². The van der Waals surface area contributed by atoms with E-state index in [1.807, 2.05) is 19.9 Å². The summed E-state index contributed by atoms with van der Waals surface area (Å²) in [5.41, 5.74) is 2.31. The van der Waals surface area contributed by atoms with Crippen molar-refractivity contribution in [3.8, 4) is 16.3 Å². The van der Waals surface area contributed by atoms with Gasteiger partial charge >= 0.3 is 6.18 Å². The molecule has 2 aromatic heterocycles. The van der Waals surface area contributed by atoms with Crippen LogP contribution >= 0.6 is 11.3 Å². The van der Waals surface area contributed by atoms with Gasteiger partial charge in [-0.15, -0.1) is 16.4 Å². The minimum absolute atomic E-state index is 0.0326. The summed E-state index contributed by atoms with van der Waals surface area (Å²) < 4.78 is 42.4. The van der Waals surface area contributed by atoms with E-state index in [-0.39, 0.29) is 5.56 Å². The number of halogens is 3. The number of carbonyl (C=O) groups excluding carboxylic acids is 1. The number of aryl methyl sites for hydroxylation is 2. The Bertz CT molecular complexity index is 1440. The third-order valence-electron chi connectivity index (χ3n) is 6.27. The van der Waals surface area contributed by atoms with Gasteiger partial charge < -0.3 is 5.32 Å². The molecule has 4 aromatic rings. The van der Waals surface area contributed by atoms with Gasteiger partial charge in [0.1, 0.15) is 5.69 Å². The van der Waals surface area contributed by atoms with E-state index in [1.54, 1.807) is 35.3 Å². The highest BCUT2D eigenvalue weighted by Crippen LogP contribution is 2.32. The highest BCUT2D eigenvalue weighted by Gasteiger charge is 2.32. The number of alkyl halides is 3.